The molecule has 0 saturated carbocycles. The lowest BCUT2D eigenvalue weighted by Crippen LogP contribution is -2.47. The van der Waals surface area contributed by atoms with E-state index < -0.39 is 0 Å². The molecule has 0 aliphatic carbocycles. The molecule has 0 radical (unpaired) electrons. The molecular formula is C12H14N6O. The van der Waals surface area contributed by atoms with Crippen LogP contribution in [0.4, 0.5) is 5.69 Å². The lowest BCUT2D eigenvalue weighted by molar-refractivity contribution is 0.316. The molecule has 0 aromatic heterocycles. The van der Waals surface area contributed by atoms with Crippen LogP contribution in [0.5, 0.6) is 0 Å². The summed E-state index contributed by atoms with van der Waals surface area (Å²) in [5.41, 5.74) is 10.7. The molecule has 0 heterocycles. The van der Waals surface area contributed by atoms with E-state index in [0.29, 0.717) is 0 Å². The minimum absolute atomic E-state index is 0.0338. The van der Waals surface area contributed by atoms with Crippen molar-refractivity contribution in [2.75, 3.05) is 5.32 Å². The topological polar surface area (TPSA) is 119 Å². The summed E-state index contributed by atoms with van der Waals surface area (Å²) in [5, 5.41) is 23.9. The number of oxime groups is 1. The first kappa shape index (κ1) is 12.5. The maximum Gasteiger partial charge on any atom is 0.256 e. The van der Waals surface area contributed by atoms with Crippen molar-refractivity contribution in [3.63, 3.8) is 0 Å². The average Bonchev–Trinajstić information content (AvgIpc) is 2.43. The number of anilines is 1. The molecule has 7 N–H and O–H groups in total. The molecule has 98 valence electrons. The molecule has 0 bridgehead atoms. The second-order valence-corrected chi connectivity index (χ2v) is 3.76. The molecule has 7 heteroatoms. The summed E-state index contributed by atoms with van der Waals surface area (Å²) in [6, 6.07) is 13.5. The Morgan fingerprint density at radius 1 is 1.11 bits per heavy atom. The van der Waals surface area contributed by atoms with Crippen molar-refractivity contribution in [3.8, 4) is 0 Å². The summed E-state index contributed by atoms with van der Waals surface area (Å²) in [7, 11) is 0. The fraction of sp³-hybridized carbons (Fsp3) is 0. The van der Waals surface area contributed by atoms with Crippen LogP contribution in [0.15, 0.2) is 47.6 Å². The minimum atomic E-state index is -0.291. The second kappa shape index (κ2) is 5.58. The predicted octanol–water partition coefficient (Wildman–Crippen LogP) is 0.985. The predicted molar refractivity (Wildman–Crippen MR) is 75.0 cm³/mol. The van der Waals surface area contributed by atoms with Gasteiger partial charge in [0, 0.05) is 11.1 Å². The Hall–Kier alpha value is -2.96. The highest BCUT2D eigenvalue weighted by Gasteiger charge is 2.04. The Balaban J connectivity index is 2.22. The van der Waals surface area contributed by atoms with Crippen LogP contribution in [0, 0.1) is 5.41 Å². The largest absolute Gasteiger partial charge is 0.408 e. The highest BCUT2D eigenvalue weighted by molar-refractivity contribution is 6.03. The zero-order chi connectivity index (χ0) is 13.7. The molecule has 2 aromatic rings. The smallest absolute Gasteiger partial charge is 0.256 e. The monoisotopic (exact) mass is 258 g/mol. The van der Waals surface area contributed by atoms with Gasteiger partial charge in [0.2, 0.25) is 5.96 Å². The molecule has 0 atom stereocenters. The van der Waals surface area contributed by atoms with Gasteiger partial charge in [-0.1, -0.05) is 36.4 Å². The summed E-state index contributed by atoms with van der Waals surface area (Å²) in [6.45, 7) is 0. The second-order valence-electron chi connectivity index (χ2n) is 3.76. The van der Waals surface area contributed by atoms with Crippen LogP contribution in [-0.4, -0.2) is 17.1 Å². The first-order valence-electron chi connectivity index (χ1n) is 5.53. The van der Waals surface area contributed by atoms with Crippen molar-refractivity contribution in [2.45, 2.75) is 0 Å². The van der Waals surface area contributed by atoms with Crippen LogP contribution in [0.3, 0.4) is 0 Å². The summed E-state index contributed by atoms with van der Waals surface area (Å²) in [6.07, 6.45) is 0. The number of guanidine groups is 2. The fourth-order valence-electron chi connectivity index (χ4n) is 1.67. The number of hydrogen-bond acceptors (Lipinski definition) is 3. The molecule has 0 amide bonds. The van der Waals surface area contributed by atoms with E-state index >= 15 is 0 Å². The van der Waals surface area contributed by atoms with Gasteiger partial charge in [0.15, 0.2) is 0 Å². The highest BCUT2D eigenvalue weighted by Crippen LogP contribution is 2.22. The third-order valence-corrected chi connectivity index (χ3v) is 2.46. The number of hydrazine groups is 1. The van der Waals surface area contributed by atoms with Crippen molar-refractivity contribution in [1.82, 2.24) is 10.9 Å². The third kappa shape index (κ3) is 3.03. The number of rotatable bonds is 1. The van der Waals surface area contributed by atoms with Crippen molar-refractivity contribution in [2.24, 2.45) is 10.9 Å². The quantitative estimate of drug-likeness (QED) is 0.197. The number of nitrogens with one attached hydrogen (secondary N) is 4. The number of nitrogens with two attached hydrogens (primary N) is 1. The first-order chi connectivity index (χ1) is 9.20. The molecule has 2 aromatic carbocycles. The maximum atomic E-state index is 8.88. The van der Waals surface area contributed by atoms with Gasteiger partial charge in [-0.25, -0.2) is 0 Å². The number of hydrogen-bond donors (Lipinski definition) is 6. The summed E-state index contributed by atoms with van der Waals surface area (Å²) < 4.78 is 0. The maximum absolute atomic E-state index is 8.88. The molecule has 19 heavy (non-hydrogen) atoms. The lowest BCUT2D eigenvalue weighted by Gasteiger charge is -2.13. The Bertz CT molecular complexity index is 619. The molecule has 0 aliphatic heterocycles. The van der Waals surface area contributed by atoms with Crippen molar-refractivity contribution in [3.05, 3.63) is 42.5 Å². The molecule has 2 rings (SSSR count). The van der Waals surface area contributed by atoms with Gasteiger partial charge < -0.3 is 16.3 Å². The zero-order valence-corrected chi connectivity index (χ0v) is 10.0. The molecular weight excluding hydrogens is 244 g/mol. The number of fused-ring (bicyclic) bond motifs is 1. The van der Waals surface area contributed by atoms with E-state index in [-0.39, 0.29) is 11.9 Å². The third-order valence-electron chi connectivity index (χ3n) is 2.46. The number of nitrogens with zero attached hydrogens (tertiary/aromatic N) is 1. The average molecular weight is 258 g/mol. The fourth-order valence-corrected chi connectivity index (χ4v) is 1.67. The van der Waals surface area contributed by atoms with Gasteiger partial charge in [-0.05, 0) is 16.6 Å². The highest BCUT2D eigenvalue weighted by atomic mass is 16.4. The Kier molecular flexibility index (Phi) is 3.67. The standard InChI is InChI=1S/C12H14N6O/c13-11(14)16-17-12(18-19)15-10-7-3-5-8-4-1-2-6-9(8)10/h1-7,19H,(H4,13,14,16)(H2,15,17,18). The molecule has 0 saturated heterocycles. The van der Waals surface area contributed by atoms with Gasteiger partial charge in [-0.3, -0.25) is 16.3 Å². The molecule has 0 aliphatic rings. The van der Waals surface area contributed by atoms with Crippen LogP contribution in [0.25, 0.3) is 10.8 Å². The van der Waals surface area contributed by atoms with Crippen molar-refractivity contribution < 1.29 is 5.21 Å². The number of benzene rings is 2. The van der Waals surface area contributed by atoms with Gasteiger partial charge in [0.05, 0.1) is 0 Å². The lowest BCUT2D eigenvalue weighted by atomic mass is 10.1. The van der Waals surface area contributed by atoms with E-state index in [1.807, 2.05) is 42.5 Å². The van der Waals surface area contributed by atoms with E-state index in [2.05, 4.69) is 21.3 Å². The van der Waals surface area contributed by atoms with E-state index in [4.69, 9.17) is 16.4 Å². The molecule has 0 spiro atoms. The van der Waals surface area contributed by atoms with Crippen molar-refractivity contribution >= 4 is 28.4 Å². The molecule has 0 unspecified atom stereocenters. The first-order valence-corrected chi connectivity index (χ1v) is 5.53. The van der Waals surface area contributed by atoms with Gasteiger partial charge >= 0.3 is 0 Å². The summed E-state index contributed by atoms with van der Waals surface area (Å²) >= 11 is 0. The summed E-state index contributed by atoms with van der Waals surface area (Å²) in [4.78, 5) is 0. The van der Waals surface area contributed by atoms with Gasteiger partial charge in [0.25, 0.3) is 5.96 Å². The van der Waals surface area contributed by atoms with Crippen LogP contribution in [0.2, 0.25) is 0 Å². The van der Waals surface area contributed by atoms with Gasteiger partial charge in [0.1, 0.15) is 0 Å². The van der Waals surface area contributed by atoms with Crippen molar-refractivity contribution in [1.29, 1.82) is 5.41 Å². The minimum Gasteiger partial charge on any atom is -0.408 e. The van der Waals surface area contributed by atoms with E-state index in [0.717, 1.165) is 16.5 Å². The Morgan fingerprint density at radius 3 is 2.58 bits per heavy atom. The van der Waals surface area contributed by atoms with E-state index in [1.165, 1.54) is 0 Å². The molecule has 0 fully saturated rings. The molecule has 7 nitrogen and oxygen atoms in total. The van der Waals surface area contributed by atoms with Crippen LogP contribution in [0.1, 0.15) is 0 Å². The normalized spacial score (nSPS) is 11.1. The Morgan fingerprint density at radius 2 is 1.84 bits per heavy atom. The van der Waals surface area contributed by atoms with Gasteiger partial charge in [-0.2, -0.15) is 0 Å². The summed E-state index contributed by atoms with van der Waals surface area (Å²) in [5.74, 6) is -0.257. The Labute approximate surface area is 109 Å². The SMILES string of the molecule is N=C(N)NN/C(=N/O)Nc1cccc2ccccc12. The van der Waals surface area contributed by atoms with Crippen LogP contribution in [-0.2, 0) is 0 Å². The van der Waals surface area contributed by atoms with Gasteiger partial charge in [-0.15, -0.1) is 0 Å². The van der Waals surface area contributed by atoms with Crippen LogP contribution < -0.4 is 21.9 Å². The van der Waals surface area contributed by atoms with E-state index in [9.17, 15) is 0 Å². The zero-order valence-electron chi connectivity index (χ0n) is 10.0. The van der Waals surface area contributed by atoms with Crippen LogP contribution >= 0.6 is 0 Å². The van der Waals surface area contributed by atoms with E-state index in [1.54, 1.807) is 0 Å².